The molecule has 0 saturated carbocycles. The summed E-state index contributed by atoms with van der Waals surface area (Å²) in [6.07, 6.45) is 0.611. The Morgan fingerprint density at radius 2 is 2.33 bits per heavy atom. The fourth-order valence-electron chi connectivity index (χ4n) is 1.38. The highest BCUT2D eigenvalue weighted by atomic mass is 16.5. The largest absolute Gasteiger partial charge is 0.371 e. The number of ether oxygens (including phenoxy) is 1. The quantitative estimate of drug-likeness (QED) is 0.751. The summed E-state index contributed by atoms with van der Waals surface area (Å²) in [6, 6.07) is 1.40. The molecule has 5 heteroatoms. The van der Waals surface area contributed by atoms with Crippen molar-refractivity contribution in [2.45, 2.75) is 32.9 Å². The minimum atomic E-state index is -0.182. The van der Waals surface area contributed by atoms with Crippen LogP contribution in [0.25, 0.3) is 0 Å². The number of hydrogen-bond donors (Lipinski definition) is 2. The van der Waals surface area contributed by atoms with Crippen LogP contribution in [0, 0.1) is 0 Å². The molecule has 0 spiro atoms. The monoisotopic (exact) mass is 211 g/mol. The molecule has 1 unspecified atom stereocenters. The second-order valence-corrected chi connectivity index (χ2v) is 3.18. The van der Waals surface area contributed by atoms with Gasteiger partial charge in [-0.3, -0.25) is 4.79 Å². The standard InChI is InChI=1S/C10H17N3O2/c1-3-8(15-4-2)10-12-7(6-11)5-9(14)13-10/h5,8H,3-4,6,11H2,1-2H3,(H,12,13,14). The second-order valence-electron chi connectivity index (χ2n) is 3.18. The van der Waals surface area contributed by atoms with Crippen LogP contribution in [0.4, 0.5) is 0 Å². The highest BCUT2D eigenvalue weighted by molar-refractivity contribution is 5.04. The molecule has 0 fully saturated rings. The van der Waals surface area contributed by atoms with Crippen molar-refractivity contribution >= 4 is 0 Å². The van der Waals surface area contributed by atoms with Crippen molar-refractivity contribution in [2.75, 3.05) is 6.61 Å². The Morgan fingerprint density at radius 1 is 1.60 bits per heavy atom. The lowest BCUT2D eigenvalue weighted by Gasteiger charge is -2.14. The van der Waals surface area contributed by atoms with Crippen molar-refractivity contribution in [1.29, 1.82) is 0 Å². The molecule has 84 valence electrons. The van der Waals surface area contributed by atoms with Crippen molar-refractivity contribution in [2.24, 2.45) is 5.73 Å². The van der Waals surface area contributed by atoms with Crippen molar-refractivity contribution in [1.82, 2.24) is 9.97 Å². The van der Waals surface area contributed by atoms with Crippen LogP contribution in [0.1, 0.15) is 37.9 Å². The maximum absolute atomic E-state index is 11.3. The van der Waals surface area contributed by atoms with Crippen LogP contribution >= 0.6 is 0 Å². The molecule has 0 aromatic carbocycles. The van der Waals surface area contributed by atoms with E-state index in [-0.39, 0.29) is 18.2 Å². The Hall–Kier alpha value is -1.20. The van der Waals surface area contributed by atoms with E-state index in [1.165, 1.54) is 6.07 Å². The van der Waals surface area contributed by atoms with Gasteiger partial charge in [-0.15, -0.1) is 0 Å². The minimum Gasteiger partial charge on any atom is -0.371 e. The molecule has 1 rings (SSSR count). The number of aromatic amines is 1. The molecular weight excluding hydrogens is 194 g/mol. The van der Waals surface area contributed by atoms with Crippen LogP contribution in [0.5, 0.6) is 0 Å². The van der Waals surface area contributed by atoms with Gasteiger partial charge in [0, 0.05) is 19.2 Å². The van der Waals surface area contributed by atoms with Gasteiger partial charge in [-0.2, -0.15) is 0 Å². The summed E-state index contributed by atoms with van der Waals surface area (Å²) >= 11 is 0. The van der Waals surface area contributed by atoms with Gasteiger partial charge < -0.3 is 15.5 Å². The molecule has 1 aromatic rings. The van der Waals surface area contributed by atoms with E-state index in [4.69, 9.17) is 10.5 Å². The average molecular weight is 211 g/mol. The Labute approximate surface area is 88.7 Å². The molecule has 1 aromatic heterocycles. The fraction of sp³-hybridized carbons (Fsp3) is 0.600. The molecule has 0 bridgehead atoms. The van der Waals surface area contributed by atoms with Gasteiger partial charge in [-0.05, 0) is 13.3 Å². The fourth-order valence-corrected chi connectivity index (χ4v) is 1.38. The van der Waals surface area contributed by atoms with Crippen LogP contribution < -0.4 is 11.3 Å². The number of aromatic nitrogens is 2. The smallest absolute Gasteiger partial charge is 0.251 e. The zero-order chi connectivity index (χ0) is 11.3. The van der Waals surface area contributed by atoms with E-state index in [9.17, 15) is 4.79 Å². The number of nitrogens with one attached hydrogen (secondary N) is 1. The van der Waals surface area contributed by atoms with E-state index in [2.05, 4.69) is 9.97 Å². The first kappa shape index (κ1) is 11.9. The van der Waals surface area contributed by atoms with Crippen LogP contribution in [0.2, 0.25) is 0 Å². The highest BCUT2D eigenvalue weighted by Crippen LogP contribution is 2.15. The third-order valence-electron chi connectivity index (χ3n) is 2.07. The maximum Gasteiger partial charge on any atom is 0.251 e. The molecule has 0 aliphatic carbocycles. The van der Waals surface area contributed by atoms with Crippen LogP contribution in [0.15, 0.2) is 10.9 Å². The molecular formula is C10H17N3O2. The molecule has 0 aliphatic rings. The summed E-state index contributed by atoms with van der Waals surface area (Å²) in [4.78, 5) is 18.2. The lowest BCUT2D eigenvalue weighted by molar-refractivity contribution is 0.0531. The highest BCUT2D eigenvalue weighted by Gasteiger charge is 2.12. The van der Waals surface area contributed by atoms with E-state index < -0.39 is 0 Å². The van der Waals surface area contributed by atoms with Gasteiger partial charge in [0.2, 0.25) is 0 Å². The number of nitrogens with zero attached hydrogens (tertiary/aromatic N) is 1. The minimum absolute atomic E-state index is 0.158. The molecule has 15 heavy (non-hydrogen) atoms. The summed E-state index contributed by atoms with van der Waals surface area (Å²) in [6.45, 7) is 4.75. The molecule has 0 amide bonds. The predicted octanol–water partition coefficient (Wildman–Crippen LogP) is 0.716. The van der Waals surface area contributed by atoms with Gasteiger partial charge in [0.25, 0.3) is 5.56 Å². The normalized spacial score (nSPS) is 12.7. The number of nitrogens with two attached hydrogens (primary N) is 1. The van der Waals surface area contributed by atoms with Gasteiger partial charge in [0.05, 0.1) is 5.69 Å². The van der Waals surface area contributed by atoms with Gasteiger partial charge in [-0.25, -0.2) is 4.98 Å². The van der Waals surface area contributed by atoms with Crippen molar-refractivity contribution in [3.63, 3.8) is 0 Å². The van der Waals surface area contributed by atoms with E-state index in [1.54, 1.807) is 0 Å². The second kappa shape index (κ2) is 5.63. The molecule has 0 saturated heterocycles. The Balaban J connectivity index is 3.00. The van der Waals surface area contributed by atoms with E-state index in [0.29, 0.717) is 18.1 Å². The van der Waals surface area contributed by atoms with E-state index >= 15 is 0 Å². The third-order valence-corrected chi connectivity index (χ3v) is 2.07. The first-order valence-electron chi connectivity index (χ1n) is 5.13. The van der Waals surface area contributed by atoms with Crippen LogP contribution in [-0.4, -0.2) is 16.6 Å². The third kappa shape index (κ3) is 3.14. The number of hydrogen-bond acceptors (Lipinski definition) is 4. The number of H-pyrrole nitrogens is 1. The van der Waals surface area contributed by atoms with Gasteiger partial charge in [0.15, 0.2) is 0 Å². The van der Waals surface area contributed by atoms with E-state index in [1.807, 2.05) is 13.8 Å². The molecule has 3 N–H and O–H groups in total. The Kier molecular flexibility index (Phi) is 4.45. The van der Waals surface area contributed by atoms with Crippen LogP contribution in [0.3, 0.4) is 0 Å². The molecule has 5 nitrogen and oxygen atoms in total. The SMILES string of the molecule is CCOC(CC)c1nc(CN)cc(=O)[nH]1. The zero-order valence-corrected chi connectivity index (χ0v) is 9.12. The number of rotatable bonds is 5. The molecule has 0 radical (unpaired) electrons. The predicted molar refractivity (Wildman–Crippen MR) is 57.4 cm³/mol. The molecule has 1 atom stereocenters. The summed E-state index contributed by atoms with van der Waals surface area (Å²) < 4.78 is 5.46. The van der Waals surface area contributed by atoms with Crippen LogP contribution in [-0.2, 0) is 11.3 Å². The lowest BCUT2D eigenvalue weighted by Crippen LogP contribution is -2.18. The summed E-state index contributed by atoms with van der Waals surface area (Å²) in [5.74, 6) is 0.562. The summed E-state index contributed by atoms with van der Waals surface area (Å²) in [5, 5.41) is 0. The van der Waals surface area contributed by atoms with Gasteiger partial charge in [0.1, 0.15) is 11.9 Å². The first-order chi connectivity index (χ1) is 7.21. The Morgan fingerprint density at radius 3 is 2.87 bits per heavy atom. The summed E-state index contributed by atoms with van der Waals surface area (Å²) in [5.41, 5.74) is 5.85. The van der Waals surface area contributed by atoms with Crippen molar-refractivity contribution in [3.05, 3.63) is 27.9 Å². The van der Waals surface area contributed by atoms with Crippen molar-refractivity contribution in [3.8, 4) is 0 Å². The first-order valence-corrected chi connectivity index (χ1v) is 5.13. The molecule has 1 heterocycles. The lowest BCUT2D eigenvalue weighted by atomic mass is 10.2. The van der Waals surface area contributed by atoms with E-state index in [0.717, 1.165) is 6.42 Å². The maximum atomic E-state index is 11.3. The Bertz CT molecular complexity index is 362. The summed E-state index contributed by atoms with van der Waals surface area (Å²) in [7, 11) is 0. The van der Waals surface area contributed by atoms with Crippen molar-refractivity contribution < 1.29 is 4.74 Å². The topological polar surface area (TPSA) is 81.0 Å². The average Bonchev–Trinajstić information content (AvgIpc) is 2.24. The zero-order valence-electron chi connectivity index (χ0n) is 9.12. The van der Waals surface area contributed by atoms with Gasteiger partial charge >= 0.3 is 0 Å². The molecule has 0 aliphatic heterocycles. The van der Waals surface area contributed by atoms with Gasteiger partial charge in [-0.1, -0.05) is 6.92 Å².